The fourth-order valence-corrected chi connectivity index (χ4v) is 5.51. The highest BCUT2D eigenvalue weighted by molar-refractivity contribution is 7.12. The Morgan fingerprint density at radius 3 is 2.60 bits per heavy atom. The van der Waals surface area contributed by atoms with Crippen molar-refractivity contribution < 1.29 is 24.3 Å². The fourth-order valence-electron chi connectivity index (χ4n) is 4.89. The summed E-state index contributed by atoms with van der Waals surface area (Å²) in [5, 5.41) is 13.3. The third kappa shape index (κ3) is 6.39. The molecule has 0 aliphatic carbocycles. The fraction of sp³-hybridized carbons (Fsp3) is 0.333. The molecule has 1 aliphatic heterocycles. The zero-order valence-corrected chi connectivity index (χ0v) is 24.2. The molecule has 4 aromatic rings. The molecule has 218 valence electrons. The van der Waals surface area contributed by atoms with E-state index in [0.717, 1.165) is 5.56 Å². The number of Topliss-reactive ketones (excluding diaryl/α,β-unsaturated/α-hetero) is 1. The van der Waals surface area contributed by atoms with E-state index < -0.39 is 11.4 Å². The number of rotatable bonds is 12. The van der Waals surface area contributed by atoms with Crippen LogP contribution < -0.4 is 10.3 Å². The van der Waals surface area contributed by atoms with Crippen LogP contribution in [0.15, 0.2) is 59.0 Å². The van der Waals surface area contributed by atoms with Crippen LogP contribution in [-0.2, 0) is 20.8 Å². The number of thiazole rings is 1. The SMILES string of the molecule is Cc1cc(N2CC(ON(C)C(=O)CCCC(=O)CCc3ccccc3)C2)nc2c1c(=O)c(C(=O)O)cn2-c1nccs1. The van der Waals surface area contributed by atoms with Crippen LogP contribution in [0, 0.1) is 6.92 Å². The van der Waals surface area contributed by atoms with Gasteiger partial charge in [-0.2, -0.15) is 0 Å². The maximum Gasteiger partial charge on any atom is 0.341 e. The number of hydrogen-bond acceptors (Lipinski definition) is 9. The number of aryl methyl sites for hydroxylation is 2. The van der Waals surface area contributed by atoms with Gasteiger partial charge in [-0.1, -0.05) is 30.3 Å². The maximum atomic E-state index is 13.0. The van der Waals surface area contributed by atoms with Gasteiger partial charge in [0.15, 0.2) is 10.8 Å². The van der Waals surface area contributed by atoms with Gasteiger partial charge in [0.2, 0.25) is 11.3 Å². The Kier molecular flexibility index (Phi) is 8.74. The van der Waals surface area contributed by atoms with Crippen molar-refractivity contribution in [1.29, 1.82) is 0 Å². The van der Waals surface area contributed by atoms with Gasteiger partial charge < -0.3 is 10.0 Å². The number of nitrogens with zero attached hydrogens (tertiary/aromatic N) is 5. The molecule has 0 radical (unpaired) electrons. The zero-order chi connectivity index (χ0) is 29.8. The summed E-state index contributed by atoms with van der Waals surface area (Å²) < 4.78 is 1.54. The molecule has 0 spiro atoms. The highest BCUT2D eigenvalue weighted by Crippen LogP contribution is 2.27. The Bertz CT molecular complexity index is 1670. The van der Waals surface area contributed by atoms with Gasteiger partial charge >= 0.3 is 5.97 Å². The molecule has 1 N–H and O–H groups in total. The number of fused-ring (bicyclic) bond motifs is 1. The smallest absolute Gasteiger partial charge is 0.341 e. The first kappa shape index (κ1) is 29.1. The van der Waals surface area contributed by atoms with E-state index in [4.69, 9.17) is 9.82 Å². The molecule has 42 heavy (non-hydrogen) atoms. The van der Waals surface area contributed by atoms with Crippen LogP contribution in [0.5, 0.6) is 0 Å². The van der Waals surface area contributed by atoms with E-state index in [2.05, 4.69) is 4.98 Å². The highest BCUT2D eigenvalue weighted by atomic mass is 32.1. The molecule has 3 aromatic heterocycles. The largest absolute Gasteiger partial charge is 0.477 e. The van der Waals surface area contributed by atoms with Crippen LogP contribution in [0.1, 0.15) is 47.2 Å². The summed E-state index contributed by atoms with van der Waals surface area (Å²) in [6.45, 7) is 2.70. The molecule has 4 heterocycles. The average molecular weight is 590 g/mol. The van der Waals surface area contributed by atoms with Crippen LogP contribution in [-0.4, -0.2) is 68.6 Å². The molecule has 0 atom stereocenters. The molecule has 11 nitrogen and oxygen atoms in total. The van der Waals surface area contributed by atoms with Gasteiger partial charge in [0, 0.05) is 44.1 Å². The van der Waals surface area contributed by atoms with Gasteiger partial charge in [0.25, 0.3) is 0 Å². The molecule has 0 bridgehead atoms. The predicted molar refractivity (Wildman–Crippen MR) is 158 cm³/mol. The second-order valence-corrected chi connectivity index (χ2v) is 11.1. The summed E-state index contributed by atoms with van der Waals surface area (Å²) in [4.78, 5) is 66.3. The third-order valence-corrected chi connectivity index (χ3v) is 7.98. The van der Waals surface area contributed by atoms with Crippen LogP contribution in [0.3, 0.4) is 0 Å². The van der Waals surface area contributed by atoms with Gasteiger partial charge in [-0.3, -0.25) is 23.8 Å². The first-order valence-corrected chi connectivity index (χ1v) is 14.5. The zero-order valence-electron chi connectivity index (χ0n) is 23.4. The average Bonchev–Trinajstić information content (AvgIpc) is 3.48. The van der Waals surface area contributed by atoms with Gasteiger partial charge in [0.1, 0.15) is 23.3 Å². The van der Waals surface area contributed by atoms with E-state index in [1.807, 2.05) is 35.2 Å². The summed E-state index contributed by atoms with van der Waals surface area (Å²) in [6.07, 6.45) is 4.85. The number of aromatic nitrogens is 3. The number of pyridine rings is 2. The number of carbonyl (C=O) groups is 3. The Balaban J connectivity index is 1.16. The van der Waals surface area contributed by atoms with E-state index in [1.54, 1.807) is 31.6 Å². The van der Waals surface area contributed by atoms with E-state index in [9.17, 15) is 24.3 Å². The van der Waals surface area contributed by atoms with Crippen molar-refractivity contribution in [2.24, 2.45) is 0 Å². The second kappa shape index (κ2) is 12.6. The number of benzene rings is 1. The minimum Gasteiger partial charge on any atom is -0.477 e. The number of carboxylic acids is 1. The first-order chi connectivity index (χ1) is 20.2. The summed E-state index contributed by atoms with van der Waals surface area (Å²) >= 11 is 1.30. The number of aromatic carboxylic acids is 1. The van der Waals surface area contributed by atoms with Crippen LogP contribution in [0.25, 0.3) is 16.2 Å². The first-order valence-electron chi connectivity index (χ1n) is 13.7. The van der Waals surface area contributed by atoms with Crippen molar-refractivity contribution >= 4 is 45.8 Å². The Morgan fingerprint density at radius 2 is 1.90 bits per heavy atom. The standard InChI is InChI=1S/C30H31N5O6S/c1-19-15-24(32-28-26(19)27(38)23(29(39)40)18-35(28)30-31-13-14-42-30)34-16-22(17-34)41-33(2)25(37)10-6-9-21(36)12-11-20-7-4-3-5-8-20/h3-5,7-8,13-15,18,22H,6,9-12,16-17H2,1-2H3,(H,39,40). The summed E-state index contributed by atoms with van der Waals surface area (Å²) in [6, 6.07) is 11.6. The van der Waals surface area contributed by atoms with Crippen molar-refractivity contribution in [2.75, 3.05) is 25.0 Å². The topological polar surface area (TPSA) is 135 Å². The second-order valence-electron chi connectivity index (χ2n) is 10.3. The van der Waals surface area contributed by atoms with E-state index >= 15 is 0 Å². The number of anilines is 1. The Morgan fingerprint density at radius 1 is 1.14 bits per heavy atom. The van der Waals surface area contributed by atoms with E-state index in [1.165, 1.54) is 27.2 Å². The molecule has 1 fully saturated rings. The van der Waals surface area contributed by atoms with Crippen LogP contribution in [0.2, 0.25) is 0 Å². The number of hydrogen-bond donors (Lipinski definition) is 1. The molecule has 1 aromatic carbocycles. The third-order valence-electron chi connectivity index (χ3n) is 7.21. The highest BCUT2D eigenvalue weighted by Gasteiger charge is 2.32. The number of hydroxylamine groups is 2. The van der Waals surface area contributed by atoms with Crippen molar-refractivity contribution in [1.82, 2.24) is 19.6 Å². The number of carbonyl (C=O) groups excluding carboxylic acids is 2. The van der Waals surface area contributed by atoms with Crippen molar-refractivity contribution in [3.8, 4) is 5.13 Å². The molecular formula is C30H31N5O6S. The maximum absolute atomic E-state index is 13.0. The van der Waals surface area contributed by atoms with Gasteiger partial charge in [-0.15, -0.1) is 11.3 Å². The molecule has 0 saturated carbocycles. The van der Waals surface area contributed by atoms with Crippen LogP contribution >= 0.6 is 11.3 Å². The minimum atomic E-state index is -1.31. The molecule has 5 rings (SSSR count). The van der Waals surface area contributed by atoms with Gasteiger partial charge in [0.05, 0.1) is 18.5 Å². The summed E-state index contributed by atoms with van der Waals surface area (Å²) in [5.74, 6) is -0.754. The number of ketones is 1. The van der Waals surface area contributed by atoms with Gasteiger partial charge in [-0.25, -0.2) is 19.8 Å². The molecule has 1 saturated heterocycles. The Labute approximate surface area is 246 Å². The normalized spacial score (nSPS) is 13.2. The molecular weight excluding hydrogens is 558 g/mol. The van der Waals surface area contributed by atoms with Crippen LogP contribution in [0.4, 0.5) is 5.82 Å². The van der Waals surface area contributed by atoms with Crippen molar-refractivity contribution in [3.63, 3.8) is 0 Å². The molecule has 1 aliphatic rings. The number of amides is 1. The predicted octanol–water partition coefficient (Wildman–Crippen LogP) is 3.80. The lowest BCUT2D eigenvalue weighted by atomic mass is 10.0. The lowest BCUT2D eigenvalue weighted by Gasteiger charge is -2.41. The molecule has 0 unspecified atom stereocenters. The van der Waals surface area contributed by atoms with Crippen molar-refractivity contribution in [3.05, 3.63) is 81.1 Å². The summed E-state index contributed by atoms with van der Waals surface area (Å²) in [7, 11) is 1.58. The quantitative estimate of drug-likeness (QED) is 0.245. The molecule has 1 amide bonds. The lowest BCUT2D eigenvalue weighted by Crippen LogP contribution is -2.55. The number of carboxylic acid groups (broad SMARTS) is 1. The van der Waals surface area contributed by atoms with E-state index in [0.29, 0.717) is 60.9 Å². The minimum absolute atomic E-state index is 0.141. The lowest BCUT2D eigenvalue weighted by molar-refractivity contribution is -0.200. The van der Waals surface area contributed by atoms with E-state index in [-0.39, 0.29) is 35.2 Å². The van der Waals surface area contributed by atoms with Crippen molar-refractivity contribution in [2.45, 2.75) is 45.1 Å². The molecule has 12 heteroatoms. The summed E-state index contributed by atoms with van der Waals surface area (Å²) in [5.41, 5.74) is 1.11. The monoisotopic (exact) mass is 589 g/mol. The van der Waals surface area contributed by atoms with Gasteiger partial charge in [-0.05, 0) is 37.0 Å². The Hall–Kier alpha value is -4.42.